The topological polar surface area (TPSA) is 55.2 Å². The van der Waals surface area contributed by atoms with E-state index in [0.717, 1.165) is 46.9 Å². The van der Waals surface area contributed by atoms with E-state index in [1.165, 1.54) is 32.1 Å². The Balaban J connectivity index is 1.67. The second-order valence-corrected chi connectivity index (χ2v) is 10.8. The van der Waals surface area contributed by atoms with Crippen LogP contribution in [-0.2, 0) is 16.4 Å². The number of fused-ring (bicyclic) bond motifs is 2. The van der Waals surface area contributed by atoms with Crippen LogP contribution in [0.25, 0.3) is 21.7 Å². The van der Waals surface area contributed by atoms with Gasteiger partial charge in [-0.3, -0.25) is 4.68 Å². The number of aromatic nitrogens is 2. The summed E-state index contributed by atoms with van der Waals surface area (Å²) in [5.74, 6) is 0. The van der Waals surface area contributed by atoms with Crippen LogP contribution in [0.2, 0.25) is 0 Å². The Morgan fingerprint density at radius 2 is 1.58 bits per heavy atom. The zero-order valence-corrected chi connectivity index (χ0v) is 20.0. The lowest BCUT2D eigenvalue weighted by atomic mass is 10.1. The highest BCUT2D eigenvalue weighted by atomic mass is 32.2. The van der Waals surface area contributed by atoms with Gasteiger partial charge in [0.1, 0.15) is 0 Å². The second-order valence-electron chi connectivity index (χ2n) is 8.97. The van der Waals surface area contributed by atoms with Gasteiger partial charge < -0.3 is 4.90 Å². The fourth-order valence-corrected chi connectivity index (χ4v) is 6.56. The van der Waals surface area contributed by atoms with Gasteiger partial charge in [-0.05, 0) is 48.9 Å². The number of hydrogen-bond acceptors (Lipinski definition) is 4. The molecule has 0 spiro atoms. The monoisotopic (exact) mass is 461 g/mol. The lowest BCUT2D eigenvalue weighted by Crippen LogP contribution is -2.26. The first-order valence-corrected chi connectivity index (χ1v) is 13.6. The summed E-state index contributed by atoms with van der Waals surface area (Å²) in [5.41, 5.74) is 1.97. The quantitative estimate of drug-likeness (QED) is 0.355. The average molecular weight is 462 g/mol. The molecule has 172 valence electrons. The van der Waals surface area contributed by atoms with E-state index in [2.05, 4.69) is 23.0 Å². The Morgan fingerprint density at radius 3 is 2.36 bits per heavy atom. The summed E-state index contributed by atoms with van der Waals surface area (Å²) in [6.45, 7) is 4.80. The summed E-state index contributed by atoms with van der Waals surface area (Å²) in [6, 6.07) is 19.3. The van der Waals surface area contributed by atoms with Gasteiger partial charge in [-0.25, -0.2) is 8.42 Å². The van der Waals surface area contributed by atoms with Crippen molar-refractivity contribution < 1.29 is 8.42 Å². The van der Waals surface area contributed by atoms with Crippen LogP contribution >= 0.6 is 0 Å². The fraction of sp³-hybridized carbons (Fsp3) is 0.370. The van der Waals surface area contributed by atoms with Gasteiger partial charge in [-0.2, -0.15) is 5.10 Å². The maximum atomic E-state index is 14.0. The van der Waals surface area contributed by atoms with Crippen LogP contribution in [0.3, 0.4) is 0 Å². The summed E-state index contributed by atoms with van der Waals surface area (Å²) in [6.07, 6.45) is 7.06. The molecular weight excluding hydrogens is 430 g/mol. The highest BCUT2D eigenvalue weighted by Gasteiger charge is 2.27. The minimum atomic E-state index is -3.80. The molecule has 0 saturated carbocycles. The molecule has 6 heteroatoms. The SMILES string of the molecule is CCCn1nc(S(=O)(=O)c2cccc3ccccc23)c2cc(N3CCCCCCC3)ccc21. The minimum absolute atomic E-state index is 0.163. The number of benzene rings is 3. The molecule has 0 N–H and O–H groups in total. The molecule has 0 atom stereocenters. The number of sulfone groups is 1. The molecule has 1 aliphatic heterocycles. The first-order chi connectivity index (χ1) is 16.1. The molecule has 0 radical (unpaired) electrons. The van der Waals surface area contributed by atoms with Crippen molar-refractivity contribution in [1.82, 2.24) is 9.78 Å². The molecule has 5 rings (SSSR count). The second kappa shape index (κ2) is 9.18. The van der Waals surface area contributed by atoms with E-state index in [1.807, 2.05) is 53.2 Å². The highest BCUT2D eigenvalue weighted by Crippen LogP contribution is 2.34. The fourth-order valence-electron chi connectivity index (χ4n) is 4.96. The molecule has 0 aliphatic carbocycles. The summed E-state index contributed by atoms with van der Waals surface area (Å²) in [7, 11) is -3.80. The first kappa shape index (κ1) is 22.0. The Bertz CT molecular complexity index is 1380. The molecule has 1 aromatic heterocycles. The van der Waals surface area contributed by atoms with Crippen molar-refractivity contribution in [2.45, 2.75) is 61.9 Å². The van der Waals surface area contributed by atoms with Gasteiger partial charge in [0.05, 0.1) is 10.4 Å². The van der Waals surface area contributed by atoms with E-state index in [4.69, 9.17) is 0 Å². The summed E-state index contributed by atoms with van der Waals surface area (Å²) in [5, 5.41) is 7.19. The Morgan fingerprint density at radius 1 is 0.848 bits per heavy atom. The molecule has 2 heterocycles. The van der Waals surface area contributed by atoms with Gasteiger partial charge in [0.15, 0.2) is 5.03 Å². The molecule has 4 aromatic rings. The largest absolute Gasteiger partial charge is 0.372 e. The normalized spacial score (nSPS) is 15.6. The van der Waals surface area contributed by atoms with Crippen molar-refractivity contribution in [3.8, 4) is 0 Å². The molecule has 5 nitrogen and oxygen atoms in total. The van der Waals surface area contributed by atoms with Crippen molar-refractivity contribution >= 4 is 37.2 Å². The van der Waals surface area contributed by atoms with Crippen molar-refractivity contribution in [1.29, 1.82) is 0 Å². The van der Waals surface area contributed by atoms with Crippen molar-refractivity contribution in [3.05, 3.63) is 60.7 Å². The molecule has 1 aliphatic rings. The van der Waals surface area contributed by atoms with Gasteiger partial charge in [-0.15, -0.1) is 0 Å². The Kier molecular flexibility index (Phi) is 6.11. The van der Waals surface area contributed by atoms with Crippen LogP contribution in [0.5, 0.6) is 0 Å². The average Bonchev–Trinajstić information content (AvgIpc) is 3.17. The van der Waals surface area contributed by atoms with Crippen LogP contribution in [0.1, 0.15) is 45.4 Å². The van der Waals surface area contributed by atoms with E-state index in [-0.39, 0.29) is 5.03 Å². The molecular formula is C27H31N3O2S. The summed E-state index contributed by atoms with van der Waals surface area (Å²) in [4.78, 5) is 2.73. The van der Waals surface area contributed by atoms with Crippen LogP contribution in [0.15, 0.2) is 70.6 Å². The molecule has 3 aromatic carbocycles. The predicted molar refractivity (Wildman–Crippen MR) is 135 cm³/mol. The predicted octanol–water partition coefficient (Wildman–Crippen LogP) is 6.20. The van der Waals surface area contributed by atoms with Gasteiger partial charge in [0, 0.05) is 36.1 Å². The van der Waals surface area contributed by atoms with Crippen molar-refractivity contribution in [3.63, 3.8) is 0 Å². The third-order valence-corrected chi connectivity index (χ3v) is 8.40. The zero-order chi connectivity index (χ0) is 22.8. The number of aryl methyl sites for hydroxylation is 1. The lowest BCUT2D eigenvalue weighted by Gasteiger charge is -2.27. The molecule has 33 heavy (non-hydrogen) atoms. The van der Waals surface area contributed by atoms with Gasteiger partial charge >= 0.3 is 0 Å². The summed E-state index contributed by atoms with van der Waals surface area (Å²) < 4.78 is 29.8. The van der Waals surface area contributed by atoms with Crippen LogP contribution in [0, 0.1) is 0 Å². The Labute approximate surface area is 195 Å². The smallest absolute Gasteiger partial charge is 0.226 e. The molecule has 1 fully saturated rings. The van der Waals surface area contributed by atoms with E-state index in [0.29, 0.717) is 11.4 Å². The third kappa shape index (κ3) is 4.12. The highest BCUT2D eigenvalue weighted by molar-refractivity contribution is 7.91. The summed E-state index contributed by atoms with van der Waals surface area (Å²) >= 11 is 0. The molecule has 0 bridgehead atoms. The van der Waals surface area contributed by atoms with Gasteiger partial charge in [-0.1, -0.05) is 62.6 Å². The number of anilines is 1. The number of hydrogen-bond donors (Lipinski definition) is 0. The van der Waals surface area contributed by atoms with E-state index >= 15 is 0 Å². The molecule has 0 unspecified atom stereocenters. The third-order valence-electron chi connectivity index (χ3n) is 6.65. The minimum Gasteiger partial charge on any atom is -0.372 e. The standard InChI is InChI=1S/C27H31N3O2S/c1-2-17-30-25-16-15-22(29-18-8-4-3-5-9-19-29)20-24(25)27(28-30)33(31,32)26-14-10-12-21-11-6-7-13-23(21)26/h6-7,10-16,20H,2-5,8-9,17-19H2,1H3. The van der Waals surface area contributed by atoms with Crippen LogP contribution in [-0.4, -0.2) is 31.3 Å². The van der Waals surface area contributed by atoms with Crippen molar-refractivity contribution in [2.75, 3.05) is 18.0 Å². The van der Waals surface area contributed by atoms with Crippen molar-refractivity contribution in [2.24, 2.45) is 0 Å². The zero-order valence-electron chi connectivity index (χ0n) is 19.2. The van der Waals surface area contributed by atoms with Gasteiger partial charge in [0.2, 0.25) is 9.84 Å². The maximum Gasteiger partial charge on any atom is 0.226 e. The number of nitrogens with zero attached hydrogens (tertiary/aromatic N) is 3. The molecule has 0 amide bonds. The van der Waals surface area contributed by atoms with E-state index in [1.54, 1.807) is 6.07 Å². The molecule has 1 saturated heterocycles. The van der Waals surface area contributed by atoms with E-state index < -0.39 is 9.84 Å². The van der Waals surface area contributed by atoms with Crippen LogP contribution < -0.4 is 4.90 Å². The first-order valence-electron chi connectivity index (χ1n) is 12.1. The Hall–Kier alpha value is -2.86. The van der Waals surface area contributed by atoms with Crippen LogP contribution in [0.4, 0.5) is 5.69 Å². The lowest BCUT2D eigenvalue weighted by molar-refractivity contribution is 0.556. The van der Waals surface area contributed by atoms with Gasteiger partial charge in [0.25, 0.3) is 0 Å². The van der Waals surface area contributed by atoms with E-state index in [9.17, 15) is 8.42 Å². The maximum absolute atomic E-state index is 14.0. The number of rotatable bonds is 5.